The molecule has 18 heavy (non-hydrogen) atoms. The zero-order valence-corrected chi connectivity index (χ0v) is 9.79. The van der Waals surface area contributed by atoms with Gasteiger partial charge in [-0.1, -0.05) is 18.2 Å². The number of benzene rings is 1. The molecule has 0 aliphatic heterocycles. The van der Waals surface area contributed by atoms with Crippen molar-refractivity contribution in [3.05, 3.63) is 35.4 Å². The second-order valence-electron chi connectivity index (χ2n) is 4.08. The summed E-state index contributed by atoms with van der Waals surface area (Å²) in [7, 11) is 0. The number of carboxylic acids is 1. The van der Waals surface area contributed by atoms with E-state index in [2.05, 4.69) is 5.32 Å². The molecule has 0 unspecified atom stereocenters. The fraction of sp³-hybridized carbons (Fsp3) is 0.417. The van der Waals surface area contributed by atoms with Crippen LogP contribution < -0.4 is 5.32 Å². The molecule has 0 bridgehead atoms. The molecule has 6 heteroatoms. The van der Waals surface area contributed by atoms with Crippen molar-refractivity contribution < 1.29 is 23.1 Å². The third-order valence-electron chi connectivity index (χ3n) is 2.40. The fourth-order valence-corrected chi connectivity index (χ4v) is 1.56. The molecule has 1 rings (SSSR count). The smallest absolute Gasteiger partial charge is 0.416 e. The molecule has 0 fully saturated rings. The van der Waals surface area contributed by atoms with Gasteiger partial charge in [-0.25, -0.2) is 0 Å². The van der Waals surface area contributed by atoms with Crippen LogP contribution in [-0.4, -0.2) is 23.7 Å². The topological polar surface area (TPSA) is 49.3 Å². The second-order valence-corrected chi connectivity index (χ2v) is 4.08. The van der Waals surface area contributed by atoms with E-state index in [1.165, 1.54) is 6.07 Å². The van der Waals surface area contributed by atoms with Crippen molar-refractivity contribution in [3.63, 3.8) is 0 Å². The van der Waals surface area contributed by atoms with E-state index in [0.29, 0.717) is 12.0 Å². The minimum absolute atomic E-state index is 0.204. The van der Waals surface area contributed by atoms with Crippen molar-refractivity contribution in [2.24, 2.45) is 0 Å². The highest BCUT2D eigenvalue weighted by atomic mass is 19.4. The molecule has 0 heterocycles. The number of carbonyl (C=O) groups is 1. The van der Waals surface area contributed by atoms with Crippen molar-refractivity contribution in [2.45, 2.75) is 25.6 Å². The summed E-state index contributed by atoms with van der Waals surface area (Å²) in [6, 6.07) is 4.83. The van der Waals surface area contributed by atoms with Gasteiger partial charge in [0.15, 0.2) is 0 Å². The maximum atomic E-state index is 12.5. The van der Waals surface area contributed by atoms with Crippen LogP contribution in [-0.2, 0) is 17.4 Å². The summed E-state index contributed by atoms with van der Waals surface area (Å²) >= 11 is 0. The fourth-order valence-electron chi connectivity index (χ4n) is 1.56. The van der Waals surface area contributed by atoms with Crippen molar-refractivity contribution in [1.29, 1.82) is 0 Å². The predicted molar refractivity (Wildman–Crippen MR) is 60.2 cm³/mol. The van der Waals surface area contributed by atoms with Crippen LogP contribution in [0.25, 0.3) is 0 Å². The van der Waals surface area contributed by atoms with E-state index in [4.69, 9.17) is 5.11 Å². The van der Waals surface area contributed by atoms with Gasteiger partial charge in [-0.15, -0.1) is 0 Å². The average Bonchev–Trinajstić information content (AvgIpc) is 2.25. The molecule has 0 aliphatic carbocycles. The van der Waals surface area contributed by atoms with Crippen molar-refractivity contribution >= 4 is 5.97 Å². The number of nitrogens with one attached hydrogen (secondary N) is 1. The first-order valence-electron chi connectivity index (χ1n) is 5.40. The molecule has 100 valence electrons. The molecule has 0 radical (unpaired) electrons. The van der Waals surface area contributed by atoms with E-state index in [-0.39, 0.29) is 12.6 Å². The van der Waals surface area contributed by atoms with Gasteiger partial charge in [0.2, 0.25) is 0 Å². The average molecular weight is 261 g/mol. The van der Waals surface area contributed by atoms with Crippen LogP contribution in [0.15, 0.2) is 24.3 Å². The lowest BCUT2D eigenvalue weighted by molar-refractivity contribution is -0.138. The number of hydrogen-bond donors (Lipinski definition) is 2. The lowest BCUT2D eigenvalue weighted by atomic mass is 10.0. The minimum atomic E-state index is -4.35. The Hall–Kier alpha value is -1.56. The highest BCUT2D eigenvalue weighted by Gasteiger charge is 2.30. The Morgan fingerprint density at radius 2 is 2.11 bits per heavy atom. The molecule has 1 aromatic rings. The quantitative estimate of drug-likeness (QED) is 0.855. The molecule has 0 spiro atoms. The van der Waals surface area contributed by atoms with Gasteiger partial charge in [-0.05, 0) is 25.0 Å². The molecule has 0 saturated carbocycles. The van der Waals surface area contributed by atoms with Gasteiger partial charge in [-0.2, -0.15) is 13.2 Å². The van der Waals surface area contributed by atoms with Gasteiger partial charge in [-0.3, -0.25) is 4.79 Å². The van der Waals surface area contributed by atoms with Gasteiger partial charge < -0.3 is 10.4 Å². The SMILES string of the molecule is C[C@@H](Cc1cccc(C(F)(F)F)c1)NCC(=O)O. The van der Waals surface area contributed by atoms with E-state index in [9.17, 15) is 18.0 Å². The monoisotopic (exact) mass is 261 g/mol. The summed E-state index contributed by atoms with van der Waals surface area (Å²) in [5, 5.41) is 11.2. The summed E-state index contributed by atoms with van der Waals surface area (Å²) < 4.78 is 37.4. The summed E-state index contributed by atoms with van der Waals surface area (Å²) in [5.41, 5.74) is -0.166. The third kappa shape index (κ3) is 4.75. The maximum absolute atomic E-state index is 12.5. The maximum Gasteiger partial charge on any atom is 0.416 e. The zero-order chi connectivity index (χ0) is 13.8. The first-order chi connectivity index (χ1) is 8.29. The van der Waals surface area contributed by atoms with E-state index < -0.39 is 17.7 Å². The Morgan fingerprint density at radius 1 is 1.44 bits per heavy atom. The van der Waals surface area contributed by atoms with Crippen LogP contribution in [0.2, 0.25) is 0 Å². The van der Waals surface area contributed by atoms with E-state index >= 15 is 0 Å². The van der Waals surface area contributed by atoms with Crippen LogP contribution in [0, 0.1) is 0 Å². The summed E-state index contributed by atoms with van der Waals surface area (Å²) in [6.45, 7) is 1.52. The molecule has 2 N–H and O–H groups in total. The lowest BCUT2D eigenvalue weighted by Gasteiger charge is -2.13. The Labute approximate surface area is 103 Å². The molecular formula is C12H14F3NO2. The molecule has 1 atom stereocenters. The Kier molecular flexibility index (Phi) is 4.72. The van der Waals surface area contributed by atoms with Gasteiger partial charge in [0.05, 0.1) is 12.1 Å². The molecule has 0 amide bonds. The molecule has 0 aliphatic rings. The van der Waals surface area contributed by atoms with Crippen LogP contribution in [0.4, 0.5) is 13.2 Å². The minimum Gasteiger partial charge on any atom is -0.480 e. The van der Waals surface area contributed by atoms with Crippen LogP contribution >= 0.6 is 0 Å². The van der Waals surface area contributed by atoms with Gasteiger partial charge in [0, 0.05) is 6.04 Å². The van der Waals surface area contributed by atoms with E-state index in [1.807, 2.05) is 0 Å². The van der Waals surface area contributed by atoms with Gasteiger partial charge in [0.1, 0.15) is 0 Å². The normalized spacial score (nSPS) is 13.3. The number of rotatable bonds is 5. The molecule has 1 aromatic carbocycles. The summed E-state index contributed by atoms with van der Waals surface area (Å²) in [5.74, 6) is -0.995. The second kappa shape index (κ2) is 5.86. The van der Waals surface area contributed by atoms with Crippen molar-refractivity contribution in [2.75, 3.05) is 6.54 Å². The number of aliphatic carboxylic acids is 1. The predicted octanol–water partition coefficient (Wildman–Crippen LogP) is 2.31. The number of carboxylic acid groups (broad SMARTS) is 1. The standard InChI is InChI=1S/C12H14F3NO2/c1-8(16-7-11(17)18)5-9-3-2-4-10(6-9)12(13,14)15/h2-4,6,8,16H,5,7H2,1H3,(H,17,18)/t8-/m0/s1. The third-order valence-corrected chi connectivity index (χ3v) is 2.40. The highest BCUT2D eigenvalue weighted by Crippen LogP contribution is 2.29. The van der Waals surface area contributed by atoms with Crippen molar-refractivity contribution in [1.82, 2.24) is 5.32 Å². The molecule has 3 nitrogen and oxygen atoms in total. The Morgan fingerprint density at radius 3 is 2.67 bits per heavy atom. The van der Waals surface area contributed by atoms with Crippen LogP contribution in [0.1, 0.15) is 18.1 Å². The van der Waals surface area contributed by atoms with Crippen LogP contribution in [0.5, 0.6) is 0 Å². The summed E-state index contributed by atoms with van der Waals surface area (Å²) in [6.07, 6.45) is -4.01. The first kappa shape index (κ1) is 14.5. The van der Waals surface area contributed by atoms with Gasteiger partial charge >= 0.3 is 12.1 Å². The number of halogens is 3. The first-order valence-corrected chi connectivity index (χ1v) is 5.40. The number of hydrogen-bond acceptors (Lipinski definition) is 2. The van der Waals surface area contributed by atoms with Crippen LogP contribution in [0.3, 0.4) is 0 Å². The van der Waals surface area contributed by atoms with E-state index in [1.54, 1.807) is 13.0 Å². The van der Waals surface area contributed by atoms with Gasteiger partial charge in [0.25, 0.3) is 0 Å². The summed E-state index contributed by atoms with van der Waals surface area (Å²) in [4.78, 5) is 10.3. The molecular weight excluding hydrogens is 247 g/mol. The number of alkyl halides is 3. The zero-order valence-electron chi connectivity index (χ0n) is 9.79. The highest BCUT2D eigenvalue weighted by molar-refractivity contribution is 5.69. The van der Waals surface area contributed by atoms with Crippen molar-refractivity contribution in [3.8, 4) is 0 Å². The Bertz CT molecular complexity index is 418. The van der Waals surface area contributed by atoms with E-state index in [0.717, 1.165) is 12.1 Å². The molecule has 0 aromatic heterocycles. The molecule has 0 saturated heterocycles. The Balaban J connectivity index is 2.65. The lowest BCUT2D eigenvalue weighted by Crippen LogP contribution is -2.32. The largest absolute Gasteiger partial charge is 0.480 e.